The van der Waals surface area contributed by atoms with Crippen molar-refractivity contribution in [2.45, 2.75) is 19.3 Å². The van der Waals surface area contributed by atoms with Gasteiger partial charge in [0.05, 0.1) is 22.5 Å². The van der Waals surface area contributed by atoms with E-state index in [0.29, 0.717) is 41.6 Å². The first-order valence-corrected chi connectivity index (χ1v) is 12.7. The van der Waals surface area contributed by atoms with E-state index in [2.05, 4.69) is 26.5 Å². The third-order valence-electron chi connectivity index (χ3n) is 7.25. The van der Waals surface area contributed by atoms with Crippen LogP contribution in [-0.4, -0.2) is 51.6 Å². The Kier molecular flexibility index (Phi) is 7.31. The lowest BCUT2D eigenvalue weighted by atomic mass is 9.86. The fraction of sp³-hybridized carbons (Fsp3) is 0.233. The molecule has 0 radical (unpaired) electrons. The fourth-order valence-corrected chi connectivity index (χ4v) is 5.15. The fourth-order valence-electron chi connectivity index (χ4n) is 5.15. The Bertz CT molecular complexity index is 1580. The zero-order chi connectivity index (χ0) is 27.5. The van der Waals surface area contributed by atoms with E-state index in [0.717, 1.165) is 17.3 Å². The molecule has 4 aromatic rings. The van der Waals surface area contributed by atoms with Gasteiger partial charge in [0.25, 0.3) is 0 Å². The standard InChI is InChI=1S/C30H29FN6O2/c1-4-26(38)37-14-12-19(16-37)18(2)28-27(30(32)36-17-35-28)29(33-3)21-10-9-20(15-23(21)31)39-25-11-13-34-24-8-6-5-7-22(24)25/h4-11,13,15,17-19H,1,12,14,16H2,2-3H3,(H2,32,35,36)/b33-29-. The van der Waals surface area contributed by atoms with Gasteiger partial charge in [-0.25, -0.2) is 14.4 Å². The third kappa shape index (κ3) is 5.07. The molecule has 2 unspecified atom stereocenters. The van der Waals surface area contributed by atoms with Crippen LogP contribution in [0.25, 0.3) is 10.9 Å². The SMILES string of the molecule is C=CC(=O)N1CCC(C(C)c2ncnc(N)c2/C(=N\C)c2ccc(Oc3ccnc4ccccc34)cc2F)C1. The van der Waals surface area contributed by atoms with Crippen LogP contribution >= 0.6 is 0 Å². The predicted octanol–water partition coefficient (Wildman–Crippen LogP) is 5.14. The lowest BCUT2D eigenvalue weighted by molar-refractivity contribution is -0.125. The number of carbonyl (C=O) groups is 1. The number of amides is 1. The van der Waals surface area contributed by atoms with Crippen molar-refractivity contribution in [3.05, 3.63) is 96.3 Å². The van der Waals surface area contributed by atoms with Crippen molar-refractivity contribution in [2.24, 2.45) is 10.9 Å². The van der Waals surface area contributed by atoms with Gasteiger partial charge >= 0.3 is 0 Å². The molecule has 2 aromatic carbocycles. The Morgan fingerprint density at radius 1 is 1.23 bits per heavy atom. The number of rotatable bonds is 7. The summed E-state index contributed by atoms with van der Waals surface area (Å²) in [6.45, 7) is 6.85. The van der Waals surface area contributed by atoms with Crippen molar-refractivity contribution in [3.8, 4) is 11.5 Å². The van der Waals surface area contributed by atoms with Crippen LogP contribution in [0.3, 0.4) is 0 Å². The molecule has 2 aromatic heterocycles. The second-order valence-electron chi connectivity index (χ2n) is 9.49. The molecule has 1 saturated heterocycles. The molecule has 0 bridgehead atoms. The van der Waals surface area contributed by atoms with Crippen LogP contribution in [0.5, 0.6) is 11.5 Å². The zero-order valence-electron chi connectivity index (χ0n) is 21.8. The van der Waals surface area contributed by atoms with Gasteiger partial charge in [-0.15, -0.1) is 0 Å². The van der Waals surface area contributed by atoms with E-state index in [-0.39, 0.29) is 29.1 Å². The molecule has 5 rings (SSSR count). The van der Waals surface area contributed by atoms with Crippen LogP contribution < -0.4 is 10.5 Å². The number of likely N-dealkylation sites (tertiary alicyclic amines) is 1. The highest BCUT2D eigenvalue weighted by Gasteiger charge is 2.33. The molecule has 1 amide bonds. The lowest BCUT2D eigenvalue weighted by Crippen LogP contribution is -2.28. The Morgan fingerprint density at radius 3 is 2.82 bits per heavy atom. The average Bonchev–Trinajstić information content (AvgIpc) is 3.45. The van der Waals surface area contributed by atoms with E-state index in [1.165, 1.54) is 18.5 Å². The molecule has 2 N–H and O–H groups in total. The minimum absolute atomic E-state index is 0.0738. The summed E-state index contributed by atoms with van der Waals surface area (Å²) in [6.07, 6.45) is 5.21. The first-order chi connectivity index (χ1) is 18.9. The first kappa shape index (κ1) is 26.0. The summed E-state index contributed by atoms with van der Waals surface area (Å²) in [5.41, 5.74) is 8.90. The number of nitrogens with zero attached hydrogens (tertiary/aromatic N) is 5. The molecule has 3 heterocycles. The van der Waals surface area contributed by atoms with Gasteiger partial charge in [0.15, 0.2) is 0 Å². The molecule has 1 fully saturated rings. The number of nitrogens with two attached hydrogens (primary N) is 1. The molecule has 2 atom stereocenters. The van der Waals surface area contributed by atoms with E-state index in [4.69, 9.17) is 10.5 Å². The zero-order valence-corrected chi connectivity index (χ0v) is 21.8. The molecule has 9 heteroatoms. The summed E-state index contributed by atoms with van der Waals surface area (Å²) in [6, 6.07) is 14.0. The molecule has 8 nitrogen and oxygen atoms in total. The van der Waals surface area contributed by atoms with Gasteiger partial charge in [-0.1, -0.05) is 25.6 Å². The van der Waals surface area contributed by atoms with Crippen molar-refractivity contribution in [1.82, 2.24) is 19.9 Å². The number of carbonyl (C=O) groups excluding carboxylic acids is 1. The van der Waals surface area contributed by atoms with Crippen LogP contribution in [0.1, 0.15) is 36.1 Å². The molecule has 1 aliphatic rings. The number of ether oxygens (including phenoxy) is 1. The van der Waals surface area contributed by atoms with E-state index in [1.54, 1.807) is 36.3 Å². The highest BCUT2D eigenvalue weighted by Crippen LogP contribution is 2.36. The van der Waals surface area contributed by atoms with Gasteiger partial charge < -0.3 is 15.4 Å². The highest BCUT2D eigenvalue weighted by molar-refractivity contribution is 6.16. The van der Waals surface area contributed by atoms with Gasteiger partial charge in [-0.2, -0.15) is 0 Å². The maximum atomic E-state index is 15.6. The Morgan fingerprint density at radius 2 is 2.05 bits per heavy atom. The Balaban J connectivity index is 1.46. The van der Waals surface area contributed by atoms with E-state index >= 15 is 4.39 Å². The van der Waals surface area contributed by atoms with E-state index in [9.17, 15) is 4.79 Å². The first-order valence-electron chi connectivity index (χ1n) is 12.7. The van der Waals surface area contributed by atoms with Crippen molar-refractivity contribution >= 4 is 28.3 Å². The van der Waals surface area contributed by atoms with Crippen LogP contribution in [0, 0.1) is 11.7 Å². The smallest absolute Gasteiger partial charge is 0.245 e. The normalized spacial score (nSPS) is 16.3. The second-order valence-corrected chi connectivity index (χ2v) is 9.49. The maximum Gasteiger partial charge on any atom is 0.245 e. The van der Waals surface area contributed by atoms with Crippen LogP contribution in [0.15, 0.2) is 78.7 Å². The number of halogens is 1. The number of aliphatic imine (C=N–C) groups is 1. The summed E-state index contributed by atoms with van der Waals surface area (Å²) in [5.74, 6) is 0.601. The van der Waals surface area contributed by atoms with Crippen molar-refractivity contribution < 1.29 is 13.9 Å². The van der Waals surface area contributed by atoms with E-state index < -0.39 is 5.82 Å². The molecule has 0 saturated carbocycles. The van der Waals surface area contributed by atoms with Gasteiger partial charge in [0.2, 0.25) is 5.91 Å². The monoisotopic (exact) mass is 524 g/mol. The summed E-state index contributed by atoms with van der Waals surface area (Å²) in [4.78, 5) is 31.4. The van der Waals surface area contributed by atoms with Crippen LogP contribution in [0.4, 0.5) is 10.2 Å². The minimum Gasteiger partial charge on any atom is -0.456 e. The summed E-state index contributed by atoms with van der Waals surface area (Å²) in [5, 5.41) is 0.827. The highest BCUT2D eigenvalue weighted by atomic mass is 19.1. The number of hydrogen-bond acceptors (Lipinski definition) is 7. The quantitative estimate of drug-likeness (QED) is 0.265. The number of aromatic nitrogens is 3. The Labute approximate surface area is 226 Å². The largest absolute Gasteiger partial charge is 0.456 e. The van der Waals surface area contributed by atoms with Gasteiger partial charge in [0, 0.05) is 49.3 Å². The number of nitrogen functional groups attached to an aromatic ring is 1. The van der Waals surface area contributed by atoms with Crippen molar-refractivity contribution in [2.75, 3.05) is 25.9 Å². The Hall–Kier alpha value is -4.66. The molecule has 0 spiro atoms. The number of benzene rings is 2. The summed E-state index contributed by atoms with van der Waals surface area (Å²) >= 11 is 0. The maximum absolute atomic E-state index is 15.6. The number of para-hydroxylation sites is 1. The molecule has 39 heavy (non-hydrogen) atoms. The molecular formula is C30H29FN6O2. The number of fused-ring (bicyclic) bond motifs is 1. The summed E-state index contributed by atoms with van der Waals surface area (Å²) in [7, 11) is 1.59. The molecule has 198 valence electrons. The predicted molar refractivity (Wildman–Crippen MR) is 150 cm³/mol. The topological polar surface area (TPSA) is 107 Å². The molecule has 0 aliphatic carbocycles. The molecular weight excluding hydrogens is 495 g/mol. The molecule has 1 aliphatic heterocycles. The third-order valence-corrected chi connectivity index (χ3v) is 7.25. The van der Waals surface area contributed by atoms with Crippen LogP contribution in [0.2, 0.25) is 0 Å². The summed E-state index contributed by atoms with van der Waals surface area (Å²) < 4.78 is 21.7. The van der Waals surface area contributed by atoms with Crippen molar-refractivity contribution in [1.29, 1.82) is 0 Å². The van der Waals surface area contributed by atoms with Gasteiger partial charge in [-0.05, 0) is 48.7 Å². The average molecular weight is 525 g/mol. The number of anilines is 1. The van der Waals surface area contributed by atoms with Gasteiger partial charge in [-0.3, -0.25) is 14.8 Å². The second kappa shape index (κ2) is 11.0. The van der Waals surface area contributed by atoms with E-state index in [1.807, 2.05) is 31.2 Å². The van der Waals surface area contributed by atoms with Gasteiger partial charge in [0.1, 0.15) is 29.5 Å². The van der Waals surface area contributed by atoms with Crippen LogP contribution in [-0.2, 0) is 4.79 Å². The van der Waals surface area contributed by atoms with Crippen molar-refractivity contribution in [3.63, 3.8) is 0 Å². The number of pyridine rings is 1. The minimum atomic E-state index is -0.517. The lowest BCUT2D eigenvalue weighted by Gasteiger charge is -2.23. The number of hydrogen-bond donors (Lipinski definition) is 1.